The first-order valence-electron chi connectivity index (χ1n) is 8.17. The van der Waals surface area contributed by atoms with E-state index >= 15 is 0 Å². The zero-order valence-corrected chi connectivity index (χ0v) is 13.7. The molecule has 0 radical (unpaired) electrons. The third-order valence-corrected chi connectivity index (χ3v) is 4.40. The van der Waals surface area contributed by atoms with Gasteiger partial charge in [0.15, 0.2) is 0 Å². The number of aryl methyl sites for hydroxylation is 2. The van der Waals surface area contributed by atoms with E-state index in [-0.39, 0.29) is 11.9 Å². The third-order valence-electron chi connectivity index (χ3n) is 4.40. The minimum absolute atomic E-state index is 0.0565. The van der Waals surface area contributed by atoms with E-state index in [0.717, 1.165) is 24.2 Å². The number of fused-ring (bicyclic) bond motifs is 1. The molecular formula is C18H19N5O. The molecule has 24 heavy (non-hydrogen) atoms. The predicted molar refractivity (Wildman–Crippen MR) is 89.6 cm³/mol. The van der Waals surface area contributed by atoms with E-state index in [4.69, 9.17) is 0 Å². The molecule has 0 aliphatic heterocycles. The van der Waals surface area contributed by atoms with Crippen LogP contribution in [0.15, 0.2) is 36.7 Å². The number of amides is 1. The Bertz CT molecular complexity index is 913. The maximum atomic E-state index is 12.9. The largest absolute Gasteiger partial charge is 0.342 e. The molecule has 1 atom stereocenters. The number of rotatable bonds is 4. The van der Waals surface area contributed by atoms with Crippen molar-refractivity contribution in [3.63, 3.8) is 0 Å². The number of imidazole rings is 1. The molecule has 0 bridgehead atoms. The van der Waals surface area contributed by atoms with Crippen LogP contribution < -0.4 is 5.32 Å². The van der Waals surface area contributed by atoms with Crippen molar-refractivity contribution in [2.75, 3.05) is 0 Å². The quantitative estimate of drug-likeness (QED) is 0.802. The number of pyridine rings is 1. The minimum Gasteiger partial charge on any atom is -0.342 e. The summed E-state index contributed by atoms with van der Waals surface area (Å²) in [5.74, 6) is 0.867. The number of aromatic nitrogens is 4. The lowest BCUT2D eigenvalue weighted by Gasteiger charge is -2.18. The van der Waals surface area contributed by atoms with Crippen LogP contribution in [-0.2, 0) is 0 Å². The summed E-state index contributed by atoms with van der Waals surface area (Å²) in [7, 11) is 0. The molecule has 3 heterocycles. The maximum Gasteiger partial charge on any atom is 0.270 e. The van der Waals surface area contributed by atoms with Crippen molar-refractivity contribution < 1.29 is 4.79 Å². The predicted octanol–water partition coefficient (Wildman–Crippen LogP) is 2.62. The van der Waals surface area contributed by atoms with Crippen molar-refractivity contribution >= 4 is 11.7 Å². The summed E-state index contributed by atoms with van der Waals surface area (Å²) in [5, 5.41) is 3.17. The van der Waals surface area contributed by atoms with Crippen LogP contribution in [0.1, 0.15) is 46.5 Å². The molecule has 122 valence electrons. The Morgan fingerprint density at radius 2 is 2.08 bits per heavy atom. The maximum absolute atomic E-state index is 12.9. The Kier molecular flexibility index (Phi) is 3.52. The van der Waals surface area contributed by atoms with Crippen molar-refractivity contribution in [1.82, 2.24) is 24.7 Å². The van der Waals surface area contributed by atoms with Gasteiger partial charge < -0.3 is 5.32 Å². The van der Waals surface area contributed by atoms with E-state index in [1.807, 2.05) is 38.2 Å². The topological polar surface area (TPSA) is 72.2 Å². The van der Waals surface area contributed by atoms with Crippen LogP contribution in [0.5, 0.6) is 0 Å². The van der Waals surface area contributed by atoms with Crippen molar-refractivity contribution in [2.45, 2.75) is 32.7 Å². The summed E-state index contributed by atoms with van der Waals surface area (Å²) in [4.78, 5) is 26.1. The van der Waals surface area contributed by atoms with Crippen LogP contribution in [0.3, 0.4) is 0 Å². The highest BCUT2D eigenvalue weighted by Gasteiger charge is 2.35. The van der Waals surface area contributed by atoms with Crippen LogP contribution in [0.25, 0.3) is 5.78 Å². The van der Waals surface area contributed by atoms with E-state index in [1.54, 1.807) is 16.7 Å². The molecule has 1 aliphatic carbocycles. The average molecular weight is 321 g/mol. The van der Waals surface area contributed by atoms with Gasteiger partial charge in [-0.2, -0.15) is 0 Å². The molecular weight excluding hydrogens is 302 g/mol. The van der Waals surface area contributed by atoms with Gasteiger partial charge in [-0.25, -0.2) is 9.97 Å². The first-order chi connectivity index (χ1) is 11.6. The molecule has 1 amide bonds. The van der Waals surface area contributed by atoms with E-state index < -0.39 is 0 Å². The van der Waals surface area contributed by atoms with Gasteiger partial charge >= 0.3 is 0 Å². The highest BCUT2D eigenvalue weighted by molar-refractivity contribution is 5.94. The van der Waals surface area contributed by atoms with Gasteiger partial charge in [0.1, 0.15) is 5.69 Å². The van der Waals surface area contributed by atoms with Crippen molar-refractivity contribution in [3.05, 3.63) is 59.4 Å². The summed E-state index contributed by atoms with van der Waals surface area (Å²) in [6.07, 6.45) is 5.73. The molecule has 0 spiro atoms. The van der Waals surface area contributed by atoms with Gasteiger partial charge in [0.2, 0.25) is 5.78 Å². The van der Waals surface area contributed by atoms with Crippen LogP contribution in [0.2, 0.25) is 0 Å². The normalized spacial score (nSPS) is 15.4. The summed E-state index contributed by atoms with van der Waals surface area (Å²) < 4.78 is 1.73. The second-order valence-electron chi connectivity index (χ2n) is 6.33. The van der Waals surface area contributed by atoms with E-state index in [0.29, 0.717) is 23.1 Å². The first kappa shape index (κ1) is 14.8. The second kappa shape index (κ2) is 5.70. The van der Waals surface area contributed by atoms with Gasteiger partial charge in [-0.15, -0.1) is 0 Å². The first-order valence-corrected chi connectivity index (χ1v) is 8.17. The Balaban J connectivity index is 1.67. The lowest BCUT2D eigenvalue weighted by atomic mass is 10.1. The SMILES string of the molecule is Cc1cccc(C(NC(=O)c2c(C)nc3ncccn23)C2CC2)n1. The molecule has 6 nitrogen and oxygen atoms in total. The van der Waals surface area contributed by atoms with Gasteiger partial charge in [0, 0.05) is 18.1 Å². The zero-order chi connectivity index (χ0) is 16.7. The van der Waals surface area contributed by atoms with Crippen LogP contribution in [-0.4, -0.2) is 25.3 Å². The standard InChI is InChI=1S/C18H19N5O/c1-11-5-3-6-14(20-11)15(13-7-8-13)22-17(24)16-12(2)21-18-19-9-4-10-23(16)18/h3-6,9-10,13,15H,7-8H2,1-2H3,(H,22,24). The van der Waals surface area contributed by atoms with Gasteiger partial charge in [-0.1, -0.05) is 6.07 Å². The fourth-order valence-electron chi connectivity index (χ4n) is 3.08. The zero-order valence-electron chi connectivity index (χ0n) is 13.7. The molecule has 3 aromatic rings. The minimum atomic E-state index is -0.131. The summed E-state index contributed by atoms with van der Waals surface area (Å²) in [5.41, 5.74) is 3.10. The molecule has 6 heteroatoms. The molecule has 1 saturated carbocycles. The van der Waals surface area contributed by atoms with Crippen molar-refractivity contribution in [1.29, 1.82) is 0 Å². The number of nitrogens with zero attached hydrogens (tertiary/aromatic N) is 4. The van der Waals surface area contributed by atoms with E-state index in [9.17, 15) is 4.79 Å². The molecule has 0 aromatic carbocycles. The highest BCUT2D eigenvalue weighted by Crippen LogP contribution is 2.40. The van der Waals surface area contributed by atoms with Crippen LogP contribution >= 0.6 is 0 Å². The Labute approximate surface area is 140 Å². The lowest BCUT2D eigenvalue weighted by Crippen LogP contribution is -2.31. The third kappa shape index (κ3) is 2.64. The smallest absolute Gasteiger partial charge is 0.270 e. The Morgan fingerprint density at radius 1 is 1.25 bits per heavy atom. The number of hydrogen-bond donors (Lipinski definition) is 1. The van der Waals surface area contributed by atoms with Gasteiger partial charge in [-0.3, -0.25) is 14.2 Å². The molecule has 1 N–H and O–H groups in total. The van der Waals surface area contributed by atoms with Crippen LogP contribution in [0.4, 0.5) is 0 Å². The Morgan fingerprint density at radius 3 is 2.83 bits per heavy atom. The fourth-order valence-corrected chi connectivity index (χ4v) is 3.08. The number of carbonyl (C=O) groups excluding carboxylic acids is 1. The van der Waals surface area contributed by atoms with Gasteiger partial charge in [0.25, 0.3) is 5.91 Å². The summed E-state index contributed by atoms with van der Waals surface area (Å²) in [6.45, 7) is 3.80. The molecule has 0 saturated heterocycles. The van der Waals surface area contributed by atoms with Crippen molar-refractivity contribution in [3.8, 4) is 0 Å². The highest BCUT2D eigenvalue weighted by atomic mass is 16.2. The van der Waals surface area contributed by atoms with E-state index in [1.165, 1.54) is 0 Å². The van der Waals surface area contributed by atoms with Gasteiger partial charge in [-0.05, 0) is 50.8 Å². The fraction of sp³-hybridized carbons (Fsp3) is 0.333. The summed E-state index contributed by atoms with van der Waals surface area (Å²) in [6, 6.07) is 7.68. The Hall–Kier alpha value is -2.76. The monoisotopic (exact) mass is 321 g/mol. The van der Waals surface area contributed by atoms with Gasteiger partial charge in [0.05, 0.1) is 17.4 Å². The van der Waals surface area contributed by atoms with Crippen LogP contribution in [0, 0.1) is 19.8 Å². The number of carbonyl (C=O) groups is 1. The average Bonchev–Trinajstić information content (AvgIpc) is 3.34. The van der Waals surface area contributed by atoms with Crippen molar-refractivity contribution in [2.24, 2.45) is 5.92 Å². The molecule has 4 rings (SSSR count). The number of nitrogens with one attached hydrogen (secondary N) is 1. The van der Waals surface area contributed by atoms with E-state index in [2.05, 4.69) is 20.3 Å². The molecule has 1 aliphatic rings. The second-order valence-corrected chi connectivity index (χ2v) is 6.33. The molecule has 1 fully saturated rings. The molecule has 1 unspecified atom stereocenters. The lowest BCUT2D eigenvalue weighted by molar-refractivity contribution is 0.0924. The molecule has 3 aromatic heterocycles. The number of hydrogen-bond acceptors (Lipinski definition) is 4. The summed E-state index contributed by atoms with van der Waals surface area (Å²) >= 11 is 0.